The van der Waals surface area contributed by atoms with Crippen molar-refractivity contribution in [2.24, 2.45) is 0 Å². The van der Waals surface area contributed by atoms with Crippen molar-refractivity contribution in [2.75, 3.05) is 0 Å². The first-order valence-corrected chi connectivity index (χ1v) is 8.37. The van der Waals surface area contributed by atoms with E-state index < -0.39 is 0 Å². The van der Waals surface area contributed by atoms with Gasteiger partial charge in [0.05, 0.1) is 10.2 Å². The first kappa shape index (κ1) is 14.2. The van der Waals surface area contributed by atoms with Crippen molar-refractivity contribution < 1.29 is 4.42 Å². The lowest BCUT2D eigenvalue weighted by Gasteiger charge is -1.96. The predicted octanol–water partition coefficient (Wildman–Crippen LogP) is 6.38. The molecule has 0 spiro atoms. The highest BCUT2D eigenvalue weighted by atomic mass is 35.5. The van der Waals surface area contributed by atoms with Crippen molar-refractivity contribution in [3.05, 3.63) is 76.5 Å². The van der Waals surface area contributed by atoms with Gasteiger partial charge in [0.15, 0.2) is 0 Å². The summed E-state index contributed by atoms with van der Waals surface area (Å²) in [5, 5.41) is 1.69. The van der Waals surface area contributed by atoms with E-state index in [0.717, 1.165) is 32.6 Å². The van der Waals surface area contributed by atoms with Gasteiger partial charge in [-0.3, -0.25) is 0 Å². The number of aromatic nitrogens is 1. The van der Waals surface area contributed by atoms with Crippen LogP contribution in [0.5, 0.6) is 0 Å². The van der Waals surface area contributed by atoms with Crippen LogP contribution in [-0.2, 0) is 0 Å². The molecule has 2 aromatic heterocycles. The Morgan fingerprint density at radius 1 is 0.913 bits per heavy atom. The summed E-state index contributed by atoms with van der Waals surface area (Å²) in [4.78, 5) is 4.58. The van der Waals surface area contributed by atoms with E-state index in [2.05, 4.69) is 11.1 Å². The van der Waals surface area contributed by atoms with E-state index >= 15 is 0 Å². The van der Waals surface area contributed by atoms with E-state index in [1.165, 1.54) is 4.70 Å². The van der Waals surface area contributed by atoms with E-state index in [1.54, 1.807) is 11.3 Å². The Kier molecular flexibility index (Phi) is 3.74. The smallest absolute Gasteiger partial charge is 0.134 e. The maximum absolute atomic E-state index is 5.91. The Morgan fingerprint density at radius 2 is 1.74 bits per heavy atom. The van der Waals surface area contributed by atoms with Gasteiger partial charge in [0.25, 0.3) is 0 Å². The first-order valence-electron chi connectivity index (χ1n) is 7.17. The fraction of sp³-hybridized carbons (Fsp3) is 0. The molecule has 4 aromatic rings. The van der Waals surface area contributed by atoms with E-state index in [1.807, 2.05) is 66.7 Å². The number of hydrogen-bond donors (Lipinski definition) is 0. The van der Waals surface area contributed by atoms with Crippen LogP contribution in [-0.4, -0.2) is 4.98 Å². The molecule has 0 amide bonds. The normalized spacial score (nSPS) is 11.5. The average Bonchev–Trinajstić information content (AvgIpc) is 3.20. The molecule has 0 saturated carbocycles. The summed E-state index contributed by atoms with van der Waals surface area (Å²) < 4.78 is 7.04. The zero-order valence-electron chi connectivity index (χ0n) is 12.1. The third kappa shape index (κ3) is 3.07. The van der Waals surface area contributed by atoms with Crippen LogP contribution in [0.1, 0.15) is 10.8 Å². The molecule has 112 valence electrons. The third-order valence-corrected chi connectivity index (χ3v) is 4.71. The van der Waals surface area contributed by atoms with Gasteiger partial charge < -0.3 is 4.42 Å². The molecule has 2 aromatic carbocycles. The SMILES string of the molecule is Clc1ccc(-c2ccc(/C=C/c3nc4ccccc4s3)o2)cc1. The minimum Gasteiger partial charge on any atom is -0.457 e. The first-order chi connectivity index (χ1) is 11.3. The number of furan rings is 1. The second-order valence-corrected chi connectivity index (χ2v) is 6.56. The van der Waals surface area contributed by atoms with Crippen molar-refractivity contribution in [3.8, 4) is 11.3 Å². The molecule has 2 heterocycles. The largest absolute Gasteiger partial charge is 0.457 e. The van der Waals surface area contributed by atoms with Gasteiger partial charge in [-0.25, -0.2) is 4.98 Å². The van der Waals surface area contributed by atoms with Crippen LogP contribution in [0.3, 0.4) is 0 Å². The molecule has 0 aliphatic heterocycles. The topological polar surface area (TPSA) is 26.0 Å². The van der Waals surface area contributed by atoms with Crippen LogP contribution in [0, 0.1) is 0 Å². The molecule has 4 heteroatoms. The average molecular weight is 338 g/mol. The second-order valence-electron chi connectivity index (χ2n) is 5.06. The molecule has 0 unspecified atom stereocenters. The Bertz CT molecular complexity index is 949. The monoisotopic (exact) mass is 337 g/mol. The minimum atomic E-state index is 0.719. The van der Waals surface area contributed by atoms with Gasteiger partial charge in [-0.05, 0) is 60.7 Å². The lowest BCUT2D eigenvalue weighted by atomic mass is 10.2. The van der Waals surface area contributed by atoms with Crippen molar-refractivity contribution in [3.63, 3.8) is 0 Å². The molecule has 0 radical (unpaired) electrons. The Balaban J connectivity index is 1.58. The summed E-state index contributed by atoms with van der Waals surface area (Å²) in [7, 11) is 0. The van der Waals surface area contributed by atoms with Crippen LogP contribution >= 0.6 is 22.9 Å². The number of thiazole rings is 1. The summed E-state index contributed by atoms with van der Waals surface area (Å²) in [6, 6.07) is 19.6. The zero-order valence-corrected chi connectivity index (χ0v) is 13.6. The van der Waals surface area contributed by atoms with Crippen LogP contribution < -0.4 is 0 Å². The molecule has 0 saturated heterocycles. The van der Waals surface area contributed by atoms with Crippen molar-refractivity contribution in [1.29, 1.82) is 0 Å². The number of nitrogens with zero attached hydrogens (tertiary/aromatic N) is 1. The fourth-order valence-corrected chi connectivity index (χ4v) is 3.32. The molecule has 0 bridgehead atoms. The van der Waals surface area contributed by atoms with Crippen molar-refractivity contribution >= 4 is 45.3 Å². The number of hydrogen-bond acceptors (Lipinski definition) is 3. The molecule has 0 aliphatic rings. The van der Waals surface area contributed by atoms with Gasteiger partial charge >= 0.3 is 0 Å². The fourth-order valence-electron chi connectivity index (χ4n) is 2.33. The van der Waals surface area contributed by atoms with Gasteiger partial charge in [-0.15, -0.1) is 11.3 Å². The number of rotatable bonds is 3. The lowest BCUT2D eigenvalue weighted by Crippen LogP contribution is -1.72. The van der Waals surface area contributed by atoms with Gasteiger partial charge in [0, 0.05) is 10.6 Å². The molecule has 4 rings (SSSR count). The van der Waals surface area contributed by atoms with Crippen molar-refractivity contribution in [2.45, 2.75) is 0 Å². The highest BCUT2D eigenvalue weighted by molar-refractivity contribution is 7.19. The summed E-state index contributed by atoms with van der Waals surface area (Å²) in [5.74, 6) is 1.62. The highest BCUT2D eigenvalue weighted by Gasteiger charge is 2.04. The molecule has 0 atom stereocenters. The van der Waals surface area contributed by atoms with Crippen LogP contribution in [0.4, 0.5) is 0 Å². The van der Waals surface area contributed by atoms with Crippen LogP contribution in [0.2, 0.25) is 5.02 Å². The van der Waals surface area contributed by atoms with Gasteiger partial charge in [-0.2, -0.15) is 0 Å². The molecule has 2 nitrogen and oxygen atoms in total. The van der Waals surface area contributed by atoms with E-state index in [0.29, 0.717) is 0 Å². The Hall–Kier alpha value is -2.36. The van der Waals surface area contributed by atoms with Crippen LogP contribution in [0.15, 0.2) is 65.1 Å². The summed E-state index contributed by atoms with van der Waals surface area (Å²) in [5.41, 5.74) is 2.03. The third-order valence-electron chi connectivity index (χ3n) is 3.46. The summed E-state index contributed by atoms with van der Waals surface area (Å²) >= 11 is 7.57. The van der Waals surface area contributed by atoms with E-state index in [9.17, 15) is 0 Å². The van der Waals surface area contributed by atoms with Gasteiger partial charge in [0.1, 0.15) is 16.5 Å². The van der Waals surface area contributed by atoms with Gasteiger partial charge in [-0.1, -0.05) is 23.7 Å². The predicted molar refractivity (Wildman–Crippen MR) is 97.7 cm³/mol. The number of para-hydroxylation sites is 1. The maximum Gasteiger partial charge on any atom is 0.134 e. The van der Waals surface area contributed by atoms with E-state index in [4.69, 9.17) is 16.0 Å². The standard InChI is InChI=1S/C19H12ClNOS/c20-14-7-5-13(6-8-14)17-11-9-15(22-17)10-12-19-21-16-3-1-2-4-18(16)23-19/h1-12H/b12-10+. The zero-order chi connectivity index (χ0) is 15.6. The molecule has 0 N–H and O–H groups in total. The number of benzene rings is 2. The highest BCUT2D eigenvalue weighted by Crippen LogP contribution is 2.26. The lowest BCUT2D eigenvalue weighted by molar-refractivity contribution is 0.572. The van der Waals surface area contributed by atoms with Gasteiger partial charge in [0.2, 0.25) is 0 Å². The molecular weight excluding hydrogens is 326 g/mol. The molecule has 23 heavy (non-hydrogen) atoms. The maximum atomic E-state index is 5.91. The summed E-state index contributed by atoms with van der Waals surface area (Å²) in [6.07, 6.45) is 3.92. The quantitative estimate of drug-likeness (QED) is 0.433. The van der Waals surface area contributed by atoms with Crippen LogP contribution in [0.25, 0.3) is 33.7 Å². The second kappa shape index (κ2) is 6.03. The van der Waals surface area contributed by atoms with E-state index in [-0.39, 0.29) is 0 Å². The molecular formula is C19H12ClNOS. The number of fused-ring (bicyclic) bond motifs is 1. The minimum absolute atomic E-state index is 0.719. The number of halogens is 1. The van der Waals surface area contributed by atoms with Crippen molar-refractivity contribution in [1.82, 2.24) is 4.98 Å². The Morgan fingerprint density at radius 3 is 2.57 bits per heavy atom. The molecule has 0 aliphatic carbocycles. The molecule has 0 fully saturated rings. The summed E-state index contributed by atoms with van der Waals surface area (Å²) in [6.45, 7) is 0. The Labute approximate surface area is 142 Å².